The molecule has 1 aliphatic heterocycles. The van der Waals surface area contributed by atoms with Crippen molar-refractivity contribution in [1.29, 1.82) is 0 Å². The third kappa shape index (κ3) is 5.94. The maximum atomic E-state index is 12.7. The summed E-state index contributed by atoms with van der Waals surface area (Å²) >= 11 is 0. The number of nitrogens with one attached hydrogen (secondary N) is 1. The summed E-state index contributed by atoms with van der Waals surface area (Å²) < 4.78 is 37.1. The lowest BCUT2D eigenvalue weighted by Gasteiger charge is -2.28. The van der Waals surface area contributed by atoms with Crippen LogP contribution in [-0.2, 0) is 35.5 Å². The maximum absolute atomic E-state index is 12.7. The van der Waals surface area contributed by atoms with Crippen molar-refractivity contribution in [1.82, 2.24) is 9.62 Å². The molecular formula is C24H34N2O6S. The number of esters is 1. The third-order valence-electron chi connectivity index (χ3n) is 7.34. The van der Waals surface area contributed by atoms with Gasteiger partial charge in [-0.2, -0.15) is 4.31 Å². The molecular weight excluding hydrogens is 444 g/mol. The number of ether oxygens (including phenoxy) is 2. The van der Waals surface area contributed by atoms with Crippen LogP contribution in [0.1, 0.15) is 44.6 Å². The number of carbonyl (C=O) groups excluding carboxylic acids is 2. The SMILES string of the molecule is C[C@H](NC(=O)COC(=O)CCc1ccc(S(=O)(=O)N2CCOCC2)cc1)[C@H]1C[C@H]2CC[C@H]1C2. The van der Waals surface area contributed by atoms with Gasteiger partial charge in [0.15, 0.2) is 6.61 Å². The fourth-order valence-corrected chi connectivity index (χ4v) is 6.95. The Kier molecular flexibility index (Phi) is 7.71. The zero-order valence-corrected chi connectivity index (χ0v) is 20.0. The van der Waals surface area contributed by atoms with Crippen molar-refractivity contribution in [2.75, 3.05) is 32.9 Å². The lowest BCUT2D eigenvalue weighted by Crippen LogP contribution is -2.42. The summed E-state index contributed by atoms with van der Waals surface area (Å²) in [5.41, 5.74) is 0.835. The average molecular weight is 479 g/mol. The number of morpholine rings is 1. The molecule has 1 heterocycles. The average Bonchev–Trinajstić information content (AvgIpc) is 3.46. The van der Waals surface area contributed by atoms with E-state index >= 15 is 0 Å². The topological polar surface area (TPSA) is 102 Å². The van der Waals surface area contributed by atoms with Crippen molar-refractivity contribution in [3.63, 3.8) is 0 Å². The molecule has 0 aromatic heterocycles. The second-order valence-electron chi connectivity index (χ2n) is 9.52. The largest absolute Gasteiger partial charge is 0.456 e. The van der Waals surface area contributed by atoms with Gasteiger partial charge in [0, 0.05) is 25.6 Å². The van der Waals surface area contributed by atoms with Crippen LogP contribution in [0.2, 0.25) is 0 Å². The van der Waals surface area contributed by atoms with Gasteiger partial charge in [-0.15, -0.1) is 0 Å². The summed E-state index contributed by atoms with van der Waals surface area (Å²) in [4.78, 5) is 24.5. The Morgan fingerprint density at radius 2 is 1.88 bits per heavy atom. The van der Waals surface area contributed by atoms with E-state index in [1.165, 1.54) is 30.0 Å². The van der Waals surface area contributed by atoms with Crippen LogP contribution in [0.25, 0.3) is 0 Å². The van der Waals surface area contributed by atoms with E-state index in [0.717, 1.165) is 17.4 Å². The highest BCUT2D eigenvalue weighted by Gasteiger charge is 2.42. The Morgan fingerprint density at radius 3 is 2.52 bits per heavy atom. The normalized spacial score (nSPS) is 26.2. The summed E-state index contributed by atoms with van der Waals surface area (Å²) in [6.07, 6.45) is 5.62. The molecule has 2 aliphatic carbocycles. The number of amides is 1. The highest BCUT2D eigenvalue weighted by molar-refractivity contribution is 7.89. The fraction of sp³-hybridized carbons (Fsp3) is 0.667. The van der Waals surface area contributed by atoms with E-state index < -0.39 is 16.0 Å². The molecule has 1 aromatic carbocycles. The molecule has 1 N–H and O–H groups in total. The Balaban J connectivity index is 1.18. The van der Waals surface area contributed by atoms with Crippen LogP contribution in [0.15, 0.2) is 29.2 Å². The van der Waals surface area contributed by atoms with Crippen LogP contribution >= 0.6 is 0 Å². The van der Waals surface area contributed by atoms with E-state index in [2.05, 4.69) is 5.32 Å². The maximum Gasteiger partial charge on any atom is 0.306 e. The number of rotatable bonds is 9. The lowest BCUT2D eigenvalue weighted by atomic mass is 9.84. The summed E-state index contributed by atoms with van der Waals surface area (Å²) in [6.45, 7) is 3.29. The molecule has 4 rings (SSSR count). The van der Waals surface area contributed by atoms with Crippen LogP contribution in [0.5, 0.6) is 0 Å². The van der Waals surface area contributed by atoms with Gasteiger partial charge in [-0.1, -0.05) is 18.6 Å². The van der Waals surface area contributed by atoms with Crippen LogP contribution in [0.3, 0.4) is 0 Å². The Bertz CT molecular complexity index is 942. The van der Waals surface area contributed by atoms with Gasteiger partial charge in [0.2, 0.25) is 10.0 Å². The molecule has 1 amide bonds. The summed E-state index contributed by atoms with van der Waals surface area (Å²) in [5.74, 6) is 1.39. The number of aryl methyl sites for hydroxylation is 1. The molecule has 33 heavy (non-hydrogen) atoms. The molecule has 1 aromatic rings. The van der Waals surface area contributed by atoms with Crippen molar-refractivity contribution >= 4 is 21.9 Å². The van der Waals surface area contributed by atoms with E-state index in [0.29, 0.717) is 38.6 Å². The quantitative estimate of drug-likeness (QED) is 0.546. The molecule has 1 saturated heterocycles. The predicted molar refractivity (Wildman–Crippen MR) is 122 cm³/mol. The molecule has 9 heteroatoms. The number of hydrogen-bond donors (Lipinski definition) is 1. The molecule has 4 atom stereocenters. The first-order valence-electron chi connectivity index (χ1n) is 11.9. The van der Waals surface area contributed by atoms with E-state index in [4.69, 9.17) is 9.47 Å². The highest BCUT2D eigenvalue weighted by atomic mass is 32.2. The van der Waals surface area contributed by atoms with Crippen LogP contribution in [0, 0.1) is 17.8 Å². The van der Waals surface area contributed by atoms with Crippen molar-refractivity contribution < 1.29 is 27.5 Å². The molecule has 0 radical (unpaired) electrons. The summed E-state index contributed by atoms with van der Waals surface area (Å²) in [7, 11) is -3.53. The van der Waals surface area contributed by atoms with Crippen molar-refractivity contribution in [3.05, 3.63) is 29.8 Å². The van der Waals surface area contributed by atoms with E-state index in [9.17, 15) is 18.0 Å². The molecule has 2 saturated carbocycles. The monoisotopic (exact) mass is 478 g/mol. The van der Waals surface area contributed by atoms with Gasteiger partial charge < -0.3 is 14.8 Å². The molecule has 3 aliphatic rings. The first-order chi connectivity index (χ1) is 15.8. The highest BCUT2D eigenvalue weighted by Crippen LogP contribution is 2.49. The Labute approximate surface area is 196 Å². The van der Waals surface area contributed by atoms with Gasteiger partial charge >= 0.3 is 5.97 Å². The summed E-state index contributed by atoms with van der Waals surface area (Å²) in [6, 6.07) is 6.67. The van der Waals surface area contributed by atoms with Crippen molar-refractivity contribution in [3.8, 4) is 0 Å². The standard InChI is InChI=1S/C24H34N2O6S/c1-17(22-15-19-2-6-20(22)14-19)25-23(27)16-32-24(28)9-5-18-3-7-21(8-4-18)33(29,30)26-10-12-31-13-11-26/h3-4,7-8,17,19-20,22H,2,5-6,9-16H2,1H3,(H,25,27)/t17-,19-,20-,22+/m0/s1. The Hall–Kier alpha value is -1.97. The minimum Gasteiger partial charge on any atom is -0.456 e. The summed E-state index contributed by atoms with van der Waals surface area (Å²) in [5, 5.41) is 3.00. The van der Waals surface area contributed by atoms with E-state index in [1.54, 1.807) is 24.3 Å². The first kappa shape index (κ1) is 24.2. The van der Waals surface area contributed by atoms with Crippen LogP contribution in [0.4, 0.5) is 0 Å². The van der Waals surface area contributed by atoms with Crippen molar-refractivity contribution in [2.24, 2.45) is 17.8 Å². The van der Waals surface area contributed by atoms with E-state index in [1.807, 2.05) is 6.92 Å². The molecule has 0 spiro atoms. The van der Waals surface area contributed by atoms with Gasteiger partial charge in [-0.25, -0.2) is 8.42 Å². The number of carbonyl (C=O) groups is 2. The smallest absolute Gasteiger partial charge is 0.306 e. The number of hydrogen-bond acceptors (Lipinski definition) is 6. The fourth-order valence-electron chi connectivity index (χ4n) is 5.54. The molecule has 3 fully saturated rings. The van der Waals surface area contributed by atoms with Gasteiger partial charge in [0.1, 0.15) is 0 Å². The van der Waals surface area contributed by atoms with Crippen LogP contribution < -0.4 is 5.32 Å². The zero-order valence-electron chi connectivity index (χ0n) is 19.2. The number of sulfonamides is 1. The van der Waals surface area contributed by atoms with Gasteiger partial charge in [0.25, 0.3) is 5.91 Å². The Morgan fingerprint density at radius 1 is 1.15 bits per heavy atom. The van der Waals surface area contributed by atoms with E-state index in [-0.39, 0.29) is 29.9 Å². The van der Waals surface area contributed by atoms with Gasteiger partial charge in [0.05, 0.1) is 18.1 Å². The van der Waals surface area contributed by atoms with Crippen molar-refractivity contribution in [2.45, 2.75) is 56.4 Å². The van der Waals surface area contributed by atoms with Crippen LogP contribution in [-0.4, -0.2) is 63.6 Å². The van der Waals surface area contributed by atoms with Gasteiger partial charge in [-0.05, 0) is 68.1 Å². The third-order valence-corrected chi connectivity index (χ3v) is 9.25. The second kappa shape index (κ2) is 10.5. The molecule has 8 nitrogen and oxygen atoms in total. The first-order valence-corrected chi connectivity index (χ1v) is 13.4. The number of nitrogens with zero attached hydrogens (tertiary/aromatic N) is 1. The minimum absolute atomic E-state index is 0.110. The number of fused-ring (bicyclic) bond motifs is 2. The second-order valence-corrected chi connectivity index (χ2v) is 11.5. The number of benzene rings is 1. The zero-order chi connectivity index (χ0) is 23.4. The lowest BCUT2D eigenvalue weighted by molar-refractivity contribution is -0.148. The molecule has 2 bridgehead atoms. The molecule has 182 valence electrons. The predicted octanol–water partition coefficient (Wildman–Crippen LogP) is 2.12. The molecule has 0 unspecified atom stereocenters. The minimum atomic E-state index is -3.53. The van der Waals surface area contributed by atoms with Gasteiger partial charge in [-0.3, -0.25) is 9.59 Å².